The number of carbonyl (C=O) groups is 1. The van der Waals surface area contributed by atoms with Gasteiger partial charge in [-0.1, -0.05) is 6.92 Å². The molecule has 1 aliphatic heterocycles. The summed E-state index contributed by atoms with van der Waals surface area (Å²) >= 11 is 1.64. The largest absolute Gasteiger partial charge is 0.324 e. The summed E-state index contributed by atoms with van der Waals surface area (Å²) in [7, 11) is 0. The van der Waals surface area contributed by atoms with Crippen LogP contribution >= 0.6 is 11.8 Å². The maximum atomic E-state index is 11.3. The highest BCUT2D eigenvalue weighted by molar-refractivity contribution is 8.00. The van der Waals surface area contributed by atoms with Crippen LogP contribution in [0.25, 0.3) is 0 Å². The third-order valence-corrected chi connectivity index (χ3v) is 2.95. The molecule has 1 unspecified atom stereocenters. The summed E-state index contributed by atoms with van der Waals surface area (Å²) in [5, 5.41) is 4.05. The SMILES string of the molecule is CC1CC(=O)Nc2cccnc2S1. The van der Waals surface area contributed by atoms with Crippen LogP contribution in [0.2, 0.25) is 0 Å². The Kier molecular flexibility index (Phi) is 2.22. The zero-order valence-electron chi connectivity index (χ0n) is 7.28. The number of carbonyl (C=O) groups excluding carboxylic acids is 1. The van der Waals surface area contributed by atoms with Gasteiger partial charge in [-0.05, 0) is 12.1 Å². The van der Waals surface area contributed by atoms with E-state index in [1.165, 1.54) is 0 Å². The zero-order chi connectivity index (χ0) is 9.26. The quantitative estimate of drug-likeness (QED) is 0.686. The molecule has 1 atom stereocenters. The van der Waals surface area contributed by atoms with E-state index in [4.69, 9.17) is 0 Å². The Labute approximate surface area is 80.9 Å². The monoisotopic (exact) mass is 194 g/mol. The van der Waals surface area contributed by atoms with Gasteiger partial charge in [-0.25, -0.2) is 4.98 Å². The fraction of sp³-hybridized carbons (Fsp3) is 0.333. The number of nitrogens with zero attached hydrogens (tertiary/aromatic N) is 1. The molecule has 0 spiro atoms. The minimum Gasteiger partial charge on any atom is -0.324 e. The van der Waals surface area contributed by atoms with E-state index in [-0.39, 0.29) is 5.91 Å². The molecule has 13 heavy (non-hydrogen) atoms. The number of nitrogens with one attached hydrogen (secondary N) is 1. The maximum Gasteiger partial charge on any atom is 0.225 e. The van der Waals surface area contributed by atoms with Crippen LogP contribution in [0.1, 0.15) is 13.3 Å². The van der Waals surface area contributed by atoms with Gasteiger partial charge in [-0.15, -0.1) is 11.8 Å². The molecule has 0 fully saturated rings. The third kappa shape index (κ3) is 1.83. The van der Waals surface area contributed by atoms with Crippen LogP contribution < -0.4 is 5.32 Å². The molecule has 3 nitrogen and oxygen atoms in total. The van der Waals surface area contributed by atoms with E-state index in [9.17, 15) is 4.79 Å². The van der Waals surface area contributed by atoms with Crippen LogP contribution in [0, 0.1) is 0 Å². The first-order chi connectivity index (χ1) is 6.25. The molecule has 0 saturated carbocycles. The van der Waals surface area contributed by atoms with E-state index in [1.54, 1.807) is 18.0 Å². The molecule has 4 heteroatoms. The minimum absolute atomic E-state index is 0.0757. The first-order valence-electron chi connectivity index (χ1n) is 4.17. The van der Waals surface area contributed by atoms with Gasteiger partial charge in [0, 0.05) is 17.9 Å². The van der Waals surface area contributed by atoms with Gasteiger partial charge in [0.2, 0.25) is 5.91 Å². The molecule has 0 radical (unpaired) electrons. The Bertz CT molecular complexity index is 340. The van der Waals surface area contributed by atoms with Gasteiger partial charge in [0.25, 0.3) is 0 Å². The van der Waals surface area contributed by atoms with Crippen LogP contribution in [0.4, 0.5) is 5.69 Å². The first kappa shape index (κ1) is 8.56. The highest BCUT2D eigenvalue weighted by Gasteiger charge is 2.18. The number of rotatable bonds is 0. The second kappa shape index (κ2) is 3.38. The van der Waals surface area contributed by atoms with E-state index >= 15 is 0 Å². The molecule has 0 saturated heterocycles. The molecule has 2 heterocycles. The Hall–Kier alpha value is -1.03. The zero-order valence-corrected chi connectivity index (χ0v) is 8.10. The standard InChI is InChI=1S/C9H10N2OS/c1-6-5-8(12)11-7-3-2-4-10-9(7)13-6/h2-4,6H,5H2,1H3,(H,11,12). The van der Waals surface area contributed by atoms with E-state index in [2.05, 4.69) is 10.3 Å². The van der Waals surface area contributed by atoms with E-state index in [0.717, 1.165) is 10.7 Å². The van der Waals surface area contributed by atoms with Crippen LogP contribution in [-0.4, -0.2) is 16.1 Å². The van der Waals surface area contributed by atoms with Crippen molar-refractivity contribution in [1.29, 1.82) is 0 Å². The topological polar surface area (TPSA) is 42.0 Å². The molecular formula is C9H10N2OS. The number of anilines is 1. The fourth-order valence-corrected chi connectivity index (χ4v) is 2.26. The van der Waals surface area contributed by atoms with Crippen molar-refractivity contribution in [3.63, 3.8) is 0 Å². The molecule has 1 aliphatic rings. The highest BCUT2D eigenvalue weighted by Crippen LogP contribution is 2.32. The molecule has 0 aromatic carbocycles. The molecule has 1 aromatic rings. The molecule has 68 valence electrons. The van der Waals surface area contributed by atoms with Gasteiger partial charge in [-0.3, -0.25) is 4.79 Å². The van der Waals surface area contributed by atoms with Crippen molar-refractivity contribution in [3.05, 3.63) is 18.3 Å². The molecular weight excluding hydrogens is 184 g/mol. The normalized spacial score (nSPS) is 21.6. The Morgan fingerprint density at radius 3 is 3.38 bits per heavy atom. The van der Waals surface area contributed by atoms with Crippen LogP contribution in [-0.2, 0) is 4.79 Å². The van der Waals surface area contributed by atoms with Crippen molar-refractivity contribution in [2.75, 3.05) is 5.32 Å². The van der Waals surface area contributed by atoms with E-state index in [1.807, 2.05) is 19.1 Å². The predicted molar refractivity (Wildman–Crippen MR) is 52.8 cm³/mol. The molecule has 0 aliphatic carbocycles. The second-order valence-electron chi connectivity index (χ2n) is 3.04. The van der Waals surface area contributed by atoms with Crippen LogP contribution in [0.5, 0.6) is 0 Å². The van der Waals surface area contributed by atoms with Crippen molar-refractivity contribution in [2.45, 2.75) is 23.6 Å². The number of thioether (sulfide) groups is 1. The number of aromatic nitrogens is 1. The predicted octanol–water partition coefficient (Wildman–Crippen LogP) is 1.90. The average molecular weight is 194 g/mol. The van der Waals surface area contributed by atoms with Crippen molar-refractivity contribution in [2.24, 2.45) is 0 Å². The van der Waals surface area contributed by atoms with Gasteiger partial charge < -0.3 is 5.32 Å². The van der Waals surface area contributed by atoms with Gasteiger partial charge in [0.15, 0.2) is 0 Å². The van der Waals surface area contributed by atoms with Crippen molar-refractivity contribution < 1.29 is 4.79 Å². The summed E-state index contributed by atoms with van der Waals surface area (Å²) in [5.41, 5.74) is 0.835. The smallest absolute Gasteiger partial charge is 0.225 e. The lowest BCUT2D eigenvalue weighted by molar-refractivity contribution is -0.116. The first-order valence-corrected chi connectivity index (χ1v) is 5.05. The highest BCUT2D eigenvalue weighted by atomic mass is 32.2. The molecule has 2 rings (SSSR count). The van der Waals surface area contributed by atoms with Gasteiger partial charge in [0.1, 0.15) is 5.03 Å². The molecule has 1 N–H and O–H groups in total. The Balaban J connectivity index is 2.38. The number of hydrogen-bond donors (Lipinski definition) is 1. The summed E-state index contributed by atoms with van der Waals surface area (Å²) in [6, 6.07) is 3.71. The Morgan fingerprint density at radius 2 is 2.54 bits per heavy atom. The molecule has 0 bridgehead atoms. The lowest BCUT2D eigenvalue weighted by atomic mass is 10.3. The summed E-state index contributed by atoms with van der Waals surface area (Å²) < 4.78 is 0. The third-order valence-electron chi connectivity index (χ3n) is 1.83. The number of amides is 1. The van der Waals surface area contributed by atoms with Crippen molar-refractivity contribution >= 4 is 23.4 Å². The number of pyridine rings is 1. The average Bonchev–Trinajstić information content (AvgIpc) is 2.20. The molecule has 1 aromatic heterocycles. The van der Waals surface area contributed by atoms with E-state index in [0.29, 0.717) is 11.7 Å². The number of fused-ring (bicyclic) bond motifs is 1. The molecule has 1 amide bonds. The van der Waals surface area contributed by atoms with Gasteiger partial charge in [0.05, 0.1) is 5.69 Å². The second-order valence-corrected chi connectivity index (χ2v) is 4.46. The van der Waals surface area contributed by atoms with Gasteiger partial charge in [-0.2, -0.15) is 0 Å². The maximum absolute atomic E-state index is 11.3. The Morgan fingerprint density at radius 1 is 1.69 bits per heavy atom. The summed E-state index contributed by atoms with van der Waals surface area (Å²) in [6.45, 7) is 2.04. The minimum atomic E-state index is 0.0757. The fourth-order valence-electron chi connectivity index (χ4n) is 1.27. The van der Waals surface area contributed by atoms with Crippen LogP contribution in [0.3, 0.4) is 0 Å². The van der Waals surface area contributed by atoms with Crippen molar-refractivity contribution in [1.82, 2.24) is 4.98 Å². The van der Waals surface area contributed by atoms with Crippen LogP contribution in [0.15, 0.2) is 23.4 Å². The van der Waals surface area contributed by atoms with Gasteiger partial charge >= 0.3 is 0 Å². The lowest BCUT2D eigenvalue weighted by Crippen LogP contribution is -2.13. The summed E-state index contributed by atoms with van der Waals surface area (Å²) in [6.07, 6.45) is 2.30. The summed E-state index contributed by atoms with van der Waals surface area (Å²) in [5.74, 6) is 0.0757. The van der Waals surface area contributed by atoms with E-state index < -0.39 is 0 Å². The summed E-state index contributed by atoms with van der Waals surface area (Å²) in [4.78, 5) is 15.5. The number of hydrogen-bond acceptors (Lipinski definition) is 3. The lowest BCUT2D eigenvalue weighted by Gasteiger charge is -2.04. The van der Waals surface area contributed by atoms with Crippen molar-refractivity contribution in [3.8, 4) is 0 Å².